The molecule has 3 rings (SSSR count). The minimum absolute atomic E-state index is 0.0104. The van der Waals surface area contributed by atoms with Crippen LogP contribution in [0.2, 0.25) is 0 Å². The van der Waals surface area contributed by atoms with Crippen LogP contribution in [0.1, 0.15) is 18.1 Å². The summed E-state index contributed by atoms with van der Waals surface area (Å²) >= 11 is 4.09. The first kappa shape index (κ1) is 30.5. The number of carbonyl (C=O) groups is 4. The van der Waals surface area contributed by atoms with Crippen molar-refractivity contribution in [3.05, 3.63) is 65.9 Å². The van der Waals surface area contributed by atoms with Gasteiger partial charge in [-0.3, -0.25) is 14.4 Å². The average molecular weight is 572 g/mol. The summed E-state index contributed by atoms with van der Waals surface area (Å²) in [6.07, 6.45) is 0.506. The van der Waals surface area contributed by atoms with E-state index in [0.29, 0.717) is 5.56 Å². The van der Waals surface area contributed by atoms with Gasteiger partial charge in [0.25, 0.3) is 0 Å². The third kappa shape index (κ3) is 7.97. The van der Waals surface area contributed by atoms with Gasteiger partial charge in [0.15, 0.2) is 0 Å². The van der Waals surface area contributed by atoms with Crippen molar-refractivity contribution in [1.29, 1.82) is 0 Å². The number of para-hydroxylation sites is 1. The van der Waals surface area contributed by atoms with Crippen LogP contribution in [0.15, 0.2) is 54.7 Å². The van der Waals surface area contributed by atoms with Crippen LogP contribution in [0, 0.1) is 0 Å². The Hall–Kier alpha value is -4.07. The van der Waals surface area contributed by atoms with E-state index < -0.39 is 54.0 Å². The van der Waals surface area contributed by atoms with Crippen molar-refractivity contribution in [2.45, 2.75) is 50.0 Å². The number of fused-ring (bicyclic) bond motifs is 1. The molecule has 3 amide bonds. The molecule has 12 nitrogen and oxygen atoms in total. The molecule has 5 unspecified atom stereocenters. The molecule has 0 spiro atoms. The van der Waals surface area contributed by atoms with E-state index in [4.69, 9.17) is 5.73 Å². The SMILES string of the molecule is CC(O)C(NC(=O)C(N)Cc1c[nH]c2ccccc12)C(=O)NC(CS)C(=O)NC(Cc1ccc(O)cc1)C(=O)O. The van der Waals surface area contributed by atoms with Gasteiger partial charge >= 0.3 is 5.97 Å². The van der Waals surface area contributed by atoms with E-state index in [0.717, 1.165) is 16.5 Å². The summed E-state index contributed by atoms with van der Waals surface area (Å²) in [7, 11) is 0. The largest absolute Gasteiger partial charge is 0.508 e. The topological polar surface area (TPSA) is 207 Å². The molecule has 0 saturated heterocycles. The second-order valence-electron chi connectivity index (χ2n) is 9.41. The zero-order chi connectivity index (χ0) is 29.4. The molecular formula is C27H33N5O7S. The van der Waals surface area contributed by atoms with E-state index >= 15 is 0 Å². The molecule has 3 aromatic rings. The van der Waals surface area contributed by atoms with Gasteiger partial charge in [0.05, 0.1) is 12.1 Å². The lowest BCUT2D eigenvalue weighted by molar-refractivity contribution is -0.142. The number of benzene rings is 2. The van der Waals surface area contributed by atoms with E-state index in [9.17, 15) is 34.5 Å². The fourth-order valence-corrected chi connectivity index (χ4v) is 4.35. The Labute approximate surface area is 235 Å². The Balaban J connectivity index is 1.62. The number of phenols is 1. The smallest absolute Gasteiger partial charge is 0.326 e. The molecule has 9 N–H and O–H groups in total. The number of carboxylic acids is 1. The number of H-pyrrole nitrogens is 1. The normalized spacial score (nSPS) is 14.9. The van der Waals surface area contributed by atoms with Gasteiger partial charge in [0.1, 0.15) is 23.9 Å². The van der Waals surface area contributed by atoms with Gasteiger partial charge < -0.3 is 42.0 Å². The van der Waals surface area contributed by atoms with Crippen LogP contribution in [0.25, 0.3) is 10.9 Å². The van der Waals surface area contributed by atoms with Crippen LogP contribution in [0.3, 0.4) is 0 Å². The summed E-state index contributed by atoms with van der Waals surface area (Å²) in [4.78, 5) is 53.5. The van der Waals surface area contributed by atoms with Crippen LogP contribution < -0.4 is 21.7 Å². The lowest BCUT2D eigenvalue weighted by Gasteiger charge is -2.26. The number of aliphatic carboxylic acids is 1. The second-order valence-corrected chi connectivity index (χ2v) is 9.78. The molecule has 0 saturated carbocycles. The van der Waals surface area contributed by atoms with Gasteiger partial charge in [0.2, 0.25) is 17.7 Å². The number of carboxylic acid groups (broad SMARTS) is 1. The molecule has 5 atom stereocenters. The highest BCUT2D eigenvalue weighted by Crippen LogP contribution is 2.19. The van der Waals surface area contributed by atoms with Crippen LogP contribution in [-0.2, 0) is 32.0 Å². The van der Waals surface area contributed by atoms with E-state index in [2.05, 4.69) is 33.6 Å². The second kappa shape index (κ2) is 13.8. The summed E-state index contributed by atoms with van der Waals surface area (Å²) in [6, 6.07) is 8.27. The van der Waals surface area contributed by atoms with E-state index in [1.807, 2.05) is 24.3 Å². The van der Waals surface area contributed by atoms with E-state index in [1.165, 1.54) is 31.2 Å². The monoisotopic (exact) mass is 571 g/mol. The molecule has 40 heavy (non-hydrogen) atoms. The molecule has 1 heterocycles. The van der Waals surface area contributed by atoms with Crippen LogP contribution in [0.4, 0.5) is 0 Å². The molecular weight excluding hydrogens is 538 g/mol. The zero-order valence-corrected chi connectivity index (χ0v) is 22.6. The summed E-state index contributed by atoms with van der Waals surface area (Å²) in [5.74, 6) is -3.86. The van der Waals surface area contributed by atoms with Crippen molar-refractivity contribution in [2.24, 2.45) is 5.73 Å². The number of hydrogen-bond donors (Lipinski definition) is 9. The predicted octanol–water partition coefficient (Wildman–Crippen LogP) is -0.164. The highest BCUT2D eigenvalue weighted by molar-refractivity contribution is 7.80. The number of aliphatic hydroxyl groups is 1. The molecule has 0 radical (unpaired) electrons. The lowest BCUT2D eigenvalue weighted by atomic mass is 10.0. The first-order chi connectivity index (χ1) is 19.0. The number of phenolic OH excluding ortho intramolecular Hbond substituents is 1. The van der Waals surface area contributed by atoms with Crippen molar-refractivity contribution in [1.82, 2.24) is 20.9 Å². The number of thiol groups is 1. The Morgan fingerprint density at radius 1 is 0.925 bits per heavy atom. The zero-order valence-electron chi connectivity index (χ0n) is 21.7. The third-order valence-corrected chi connectivity index (χ3v) is 6.69. The van der Waals surface area contributed by atoms with E-state index in [1.54, 1.807) is 6.20 Å². The van der Waals surface area contributed by atoms with Gasteiger partial charge in [-0.15, -0.1) is 0 Å². The molecule has 0 aliphatic carbocycles. The molecule has 1 aromatic heterocycles. The number of nitrogens with one attached hydrogen (secondary N) is 4. The Morgan fingerprint density at radius 2 is 1.57 bits per heavy atom. The average Bonchev–Trinajstić information content (AvgIpc) is 3.33. The summed E-state index contributed by atoms with van der Waals surface area (Å²) in [5.41, 5.74) is 8.34. The minimum atomic E-state index is -1.44. The Kier molecular flexibility index (Phi) is 10.5. The number of amides is 3. The molecule has 2 aromatic carbocycles. The summed E-state index contributed by atoms with van der Waals surface area (Å²) in [5, 5.41) is 37.3. The number of aromatic nitrogens is 1. The molecule has 0 aliphatic heterocycles. The van der Waals surface area contributed by atoms with Crippen molar-refractivity contribution in [3.8, 4) is 5.75 Å². The predicted molar refractivity (Wildman–Crippen MR) is 151 cm³/mol. The van der Waals surface area contributed by atoms with Crippen LogP contribution in [-0.4, -0.2) is 80.0 Å². The van der Waals surface area contributed by atoms with Crippen molar-refractivity contribution in [2.75, 3.05) is 5.75 Å². The van der Waals surface area contributed by atoms with Crippen LogP contribution in [0.5, 0.6) is 5.75 Å². The molecule has 0 bridgehead atoms. The van der Waals surface area contributed by atoms with Gasteiger partial charge in [0, 0.05) is 29.3 Å². The quantitative estimate of drug-likeness (QED) is 0.126. The van der Waals surface area contributed by atoms with Gasteiger partial charge in [-0.05, 0) is 42.7 Å². The fraction of sp³-hybridized carbons (Fsp3) is 0.333. The number of aromatic hydroxyl groups is 1. The highest BCUT2D eigenvalue weighted by Gasteiger charge is 2.32. The molecule has 214 valence electrons. The van der Waals surface area contributed by atoms with Crippen molar-refractivity contribution < 1.29 is 34.5 Å². The Morgan fingerprint density at radius 3 is 2.20 bits per heavy atom. The molecule has 13 heteroatoms. The lowest BCUT2D eigenvalue weighted by Crippen LogP contribution is -2.60. The highest BCUT2D eigenvalue weighted by atomic mass is 32.1. The maximum Gasteiger partial charge on any atom is 0.326 e. The van der Waals surface area contributed by atoms with Gasteiger partial charge in [-0.1, -0.05) is 30.3 Å². The number of hydrogen-bond acceptors (Lipinski definition) is 8. The number of rotatable bonds is 13. The number of carbonyl (C=O) groups excluding carboxylic acids is 3. The molecule has 0 aliphatic rings. The Bertz CT molecular complexity index is 1340. The minimum Gasteiger partial charge on any atom is -0.508 e. The molecule has 0 fully saturated rings. The first-order valence-corrected chi connectivity index (χ1v) is 13.1. The van der Waals surface area contributed by atoms with Gasteiger partial charge in [-0.2, -0.15) is 12.6 Å². The van der Waals surface area contributed by atoms with E-state index in [-0.39, 0.29) is 24.3 Å². The first-order valence-electron chi connectivity index (χ1n) is 12.5. The third-order valence-electron chi connectivity index (χ3n) is 6.32. The number of aliphatic hydroxyl groups excluding tert-OH is 1. The summed E-state index contributed by atoms with van der Waals surface area (Å²) < 4.78 is 0. The number of nitrogens with two attached hydrogens (primary N) is 1. The van der Waals surface area contributed by atoms with Crippen LogP contribution >= 0.6 is 12.6 Å². The number of aromatic amines is 1. The van der Waals surface area contributed by atoms with Gasteiger partial charge in [-0.25, -0.2) is 4.79 Å². The van der Waals surface area contributed by atoms with Crippen molar-refractivity contribution >= 4 is 47.2 Å². The maximum atomic E-state index is 13.0. The standard InChI is InChI=1S/C27H33N5O7S/c1-14(33)23(32-24(35)19(28)11-16-12-29-20-5-3-2-4-18(16)20)26(37)31-22(13-40)25(36)30-21(27(38)39)10-15-6-8-17(34)9-7-15/h2-9,12,14,19,21-23,29,33-34,40H,10-11,13,28H2,1H3,(H,30,36)(H,31,37)(H,32,35)(H,38,39). The van der Waals surface area contributed by atoms with Crippen molar-refractivity contribution in [3.63, 3.8) is 0 Å². The maximum absolute atomic E-state index is 13.0. The summed E-state index contributed by atoms with van der Waals surface area (Å²) in [6.45, 7) is 1.30. The fourth-order valence-electron chi connectivity index (χ4n) is 4.09.